The number of aromatic nitrogens is 2. The second-order valence-corrected chi connectivity index (χ2v) is 5.92. The van der Waals surface area contributed by atoms with Crippen molar-refractivity contribution < 1.29 is 4.74 Å². The summed E-state index contributed by atoms with van der Waals surface area (Å²) < 4.78 is 6.05. The van der Waals surface area contributed by atoms with Crippen LogP contribution in [0.15, 0.2) is 0 Å². The summed E-state index contributed by atoms with van der Waals surface area (Å²) in [6, 6.07) is 0.413. The molecule has 0 aliphatic carbocycles. The Kier molecular flexibility index (Phi) is 5.04. The fourth-order valence-electron chi connectivity index (χ4n) is 3.10. The number of hydrogen-bond acceptors (Lipinski definition) is 5. The monoisotopic (exact) mass is 292 g/mol. The summed E-state index contributed by atoms with van der Waals surface area (Å²) in [7, 11) is 1.90. The summed E-state index contributed by atoms with van der Waals surface area (Å²) in [6.45, 7) is 9.23. The Balaban J connectivity index is 2.16. The SMILES string of the molecule is CCC1(CC)CC(Nc2nc(C)nc(NC)c2C)CCO1. The lowest BCUT2D eigenvalue weighted by Gasteiger charge is -2.40. The normalized spacial score (nSPS) is 21.1. The highest BCUT2D eigenvalue weighted by atomic mass is 16.5. The van der Waals surface area contributed by atoms with Crippen molar-refractivity contribution in [2.75, 3.05) is 24.3 Å². The van der Waals surface area contributed by atoms with Crippen molar-refractivity contribution in [3.05, 3.63) is 11.4 Å². The third kappa shape index (κ3) is 3.46. The molecule has 1 unspecified atom stereocenters. The van der Waals surface area contributed by atoms with E-state index in [4.69, 9.17) is 4.74 Å². The first-order valence-corrected chi connectivity index (χ1v) is 7.97. The zero-order valence-electron chi connectivity index (χ0n) is 13.9. The van der Waals surface area contributed by atoms with Crippen LogP contribution >= 0.6 is 0 Å². The number of anilines is 2. The average molecular weight is 292 g/mol. The second-order valence-electron chi connectivity index (χ2n) is 5.92. The summed E-state index contributed by atoms with van der Waals surface area (Å²) in [4.78, 5) is 8.99. The smallest absolute Gasteiger partial charge is 0.134 e. The van der Waals surface area contributed by atoms with Crippen LogP contribution in [0.25, 0.3) is 0 Å². The number of aryl methyl sites for hydroxylation is 1. The number of ether oxygens (including phenoxy) is 1. The quantitative estimate of drug-likeness (QED) is 0.872. The number of nitrogens with zero attached hydrogens (tertiary/aromatic N) is 2. The van der Waals surface area contributed by atoms with Gasteiger partial charge in [-0.3, -0.25) is 0 Å². The minimum atomic E-state index is 0.0255. The molecule has 118 valence electrons. The Morgan fingerprint density at radius 1 is 1.19 bits per heavy atom. The van der Waals surface area contributed by atoms with Gasteiger partial charge < -0.3 is 15.4 Å². The molecule has 2 N–H and O–H groups in total. The highest BCUT2D eigenvalue weighted by Gasteiger charge is 2.34. The fourth-order valence-corrected chi connectivity index (χ4v) is 3.10. The maximum atomic E-state index is 6.05. The Labute approximate surface area is 127 Å². The van der Waals surface area contributed by atoms with Gasteiger partial charge in [-0.1, -0.05) is 13.8 Å². The third-order valence-corrected chi connectivity index (χ3v) is 4.62. The molecule has 0 radical (unpaired) electrons. The molecule has 0 spiro atoms. The van der Waals surface area contributed by atoms with Crippen LogP contribution in [0.2, 0.25) is 0 Å². The summed E-state index contributed by atoms with van der Waals surface area (Å²) in [5.74, 6) is 2.63. The van der Waals surface area contributed by atoms with Crippen LogP contribution in [0.4, 0.5) is 11.6 Å². The molecule has 5 nitrogen and oxygen atoms in total. The largest absolute Gasteiger partial charge is 0.375 e. The molecule has 2 rings (SSSR count). The van der Waals surface area contributed by atoms with E-state index in [0.29, 0.717) is 6.04 Å². The van der Waals surface area contributed by atoms with Crippen molar-refractivity contribution in [3.8, 4) is 0 Å². The molecule has 21 heavy (non-hydrogen) atoms. The van der Waals surface area contributed by atoms with Crippen LogP contribution in [0, 0.1) is 13.8 Å². The molecule has 0 amide bonds. The van der Waals surface area contributed by atoms with E-state index in [-0.39, 0.29) is 5.60 Å². The first kappa shape index (κ1) is 16.0. The van der Waals surface area contributed by atoms with Crippen LogP contribution in [-0.2, 0) is 4.74 Å². The average Bonchev–Trinajstić information content (AvgIpc) is 2.50. The van der Waals surface area contributed by atoms with E-state index in [1.165, 1.54) is 0 Å². The van der Waals surface area contributed by atoms with E-state index < -0.39 is 0 Å². The molecular weight excluding hydrogens is 264 g/mol. The van der Waals surface area contributed by atoms with Crippen LogP contribution < -0.4 is 10.6 Å². The van der Waals surface area contributed by atoms with Gasteiger partial charge in [0.25, 0.3) is 0 Å². The molecule has 1 fully saturated rings. The van der Waals surface area contributed by atoms with E-state index >= 15 is 0 Å². The predicted octanol–water partition coefficient (Wildman–Crippen LogP) is 3.28. The van der Waals surface area contributed by atoms with Crippen molar-refractivity contribution in [2.45, 2.75) is 65.0 Å². The van der Waals surface area contributed by atoms with Crippen LogP contribution in [0.3, 0.4) is 0 Å². The number of rotatable bonds is 5. The highest BCUT2D eigenvalue weighted by molar-refractivity contribution is 5.57. The minimum Gasteiger partial charge on any atom is -0.375 e. The van der Waals surface area contributed by atoms with Gasteiger partial charge in [-0.15, -0.1) is 0 Å². The van der Waals surface area contributed by atoms with Crippen molar-refractivity contribution in [3.63, 3.8) is 0 Å². The van der Waals surface area contributed by atoms with E-state index in [9.17, 15) is 0 Å². The minimum absolute atomic E-state index is 0.0255. The van der Waals surface area contributed by atoms with Gasteiger partial charge in [0.2, 0.25) is 0 Å². The van der Waals surface area contributed by atoms with E-state index in [1.807, 2.05) is 14.0 Å². The summed E-state index contributed by atoms with van der Waals surface area (Å²) in [6.07, 6.45) is 4.19. The number of nitrogens with one attached hydrogen (secondary N) is 2. The van der Waals surface area contributed by atoms with Gasteiger partial charge in [-0.05, 0) is 39.5 Å². The Bertz CT molecular complexity index is 485. The maximum absolute atomic E-state index is 6.05. The first-order valence-electron chi connectivity index (χ1n) is 7.97. The molecule has 5 heteroatoms. The zero-order valence-corrected chi connectivity index (χ0v) is 13.9. The lowest BCUT2D eigenvalue weighted by Crippen LogP contribution is -2.43. The molecular formula is C16H28N4O. The molecule has 0 aromatic carbocycles. The van der Waals surface area contributed by atoms with Crippen LogP contribution in [-0.4, -0.2) is 35.3 Å². The van der Waals surface area contributed by atoms with E-state index in [0.717, 1.165) is 55.3 Å². The topological polar surface area (TPSA) is 59.1 Å². The lowest BCUT2D eigenvalue weighted by atomic mass is 9.86. The highest BCUT2D eigenvalue weighted by Crippen LogP contribution is 2.33. The van der Waals surface area contributed by atoms with Gasteiger partial charge in [0, 0.05) is 25.3 Å². The maximum Gasteiger partial charge on any atom is 0.134 e. The molecule has 0 bridgehead atoms. The van der Waals surface area contributed by atoms with Crippen molar-refractivity contribution in [1.82, 2.24) is 9.97 Å². The number of hydrogen-bond donors (Lipinski definition) is 2. The molecule has 1 aromatic heterocycles. The fraction of sp³-hybridized carbons (Fsp3) is 0.750. The third-order valence-electron chi connectivity index (χ3n) is 4.62. The van der Waals surface area contributed by atoms with Crippen molar-refractivity contribution >= 4 is 11.6 Å². The van der Waals surface area contributed by atoms with Crippen molar-refractivity contribution in [2.24, 2.45) is 0 Å². The van der Waals surface area contributed by atoms with Crippen LogP contribution in [0.5, 0.6) is 0 Å². The van der Waals surface area contributed by atoms with E-state index in [2.05, 4.69) is 41.4 Å². The molecule has 0 saturated carbocycles. The summed E-state index contributed by atoms with van der Waals surface area (Å²) in [5.41, 5.74) is 1.10. The zero-order chi connectivity index (χ0) is 15.5. The first-order chi connectivity index (χ1) is 10.0. The van der Waals surface area contributed by atoms with Crippen molar-refractivity contribution in [1.29, 1.82) is 0 Å². The molecule has 1 aliphatic heterocycles. The van der Waals surface area contributed by atoms with Gasteiger partial charge in [0.1, 0.15) is 17.5 Å². The van der Waals surface area contributed by atoms with Gasteiger partial charge >= 0.3 is 0 Å². The lowest BCUT2D eigenvalue weighted by molar-refractivity contribution is -0.0864. The Morgan fingerprint density at radius 3 is 2.48 bits per heavy atom. The molecule has 2 heterocycles. The van der Waals surface area contributed by atoms with E-state index in [1.54, 1.807) is 0 Å². The predicted molar refractivity (Wildman–Crippen MR) is 87.0 cm³/mol. The van der Waals surface area contributed by atoms with Gasteiger partial charge in [-0.25, -0.2) is 9.97 Å². The standard InChI is InChI=1S/C16H28N4O/c1-6-16(7-2)10-13(8-9-21-16)20-15-11(3)14(17-5)18-12(4)19-15/h13H,6-10H2,1-5H3,(H2,17,18,19,20). The summed E-state index contributed by atoms with van der Waals surface area (Å²) in [5, 5.41) is 6.75. The Hall–Kier alpha value is -1.36. The molecule has 1 aliphatic rings. The Morgan fingerprint density at radius 2 is 1.86 bits per heavy atom. The molecule has 1 saturated heterocycles. The summed E-state index contributed by atoms with van der Waals surface area (Å²) >= 11 is 0. The van der Waals surface area contributed by atoms with Gasteiger partial charge in [0.05, 0.1) is 5.60 Å². The molecule has 1 atom stereocenters. The molecule has 1 aromatic rings. The van der Waals surface area contributed by atoms with Crippen LogP contribution in [0.1, 0.15) is 50.9 Å². The second kappa shape index (κ2) is 6.60. The van der Waals surface area contributed by atoms with Gasteiger partial charge in [-0.2, -0.15) is 0 Å². The van der Waals surface area contributed by atoms with Gasteiger partial charge in [0.15, 0.2) is 0 Å².